The minimum absolute atomic E-state index is 0.109. The molecule has 1 aromatic carbocycles. The fourth-order valence-corrected chi connectivity index (χ4v) is 4.80. The topological polar surface area (TPSA) is 101 Å². The Morgan fingerprint density at radius 2 is 1.71 bits per heavy atom. The number of halogens is 3. The Kier molecular flexibility index (Phi) is 6.50. The summed E-state index contributed by atoms with van der Waals surface area (Å²) < 4.78 is 69.2. The van der Waals surface area contributed by atoms with Crippen LogP contribution in [0.1, 0.15) is 24.0 Å². The largest absolute Gasteiger partial charge is 0.418 e. The molecule has 7 nitrogen and oxygen atoms in total. The molecule has 0 unspecified atom stereocenters. The number of piperidine rings is 1. The fourth-order valence-electron chi connectivity index (χ4n) is 3.84. The van der Waals surface area contributed by atoms with E-state index in [0.29, 0.717) is 24.5 Å². The van der Waals surface area contributed by atoms with Gasteiger partial charge in [0.2, 0.25) is 0 Å². The average molecular weight is 492 g/mol. The summed E-state index contributed by atoms with van der Waals surface area (Å²) >= 11 is 0. The first-order chi connectivity index (χ1) is 16.0. The standard InChI is InChI=1S/C23H24F3N5O2S/c1-15-5-2-3-6-17(15)22-18(23(24,25)26)9-10-19(28-22)30-34(32,33)21-8-4-7-20(29-21)31-13-11-16(27)12-14-31/h2-10,16H,11-14,27H2,1H3,(H,28,30). The minimum atomic E-state index is -4.66. The van der Waals surface area contributed by atoms with E-state index in [1.807, 2.05) is 4.90 Å². The maximum absolute atomic E-state index is 13.6. The Labute approximate surface area is 195 Å². The molecule has 3 aromatic rings. The first-order valence-electron chi connectivity index (χ1n) is 10.7. The number of anilines is 2. The van der Waals surface area contributed by atoms with Crippen LogP contribution in [0.3, 0.4) is 0 Å². The maximum atomic E-state index is 13.6. The number of hydrogen-bond donors (Lipinski definition) is 2. The van der Waals surface area contributed by atoms with Crippen molar-refractivity contribution in [2.45, 2.75) is 37.0 Å². The minimum Gasteiger partial charge on any atom is -0.356 e. The van der Waals surface area contributed by atoms with Gasteiger partial charge in [-0.15, -0.1) is 0 Å². The number of hydrogen-bond acceptors (Lipinski definition) is 6. The smallest absolute Gasteiger partial charge is 0.356 e. The van der Waals surface area contributed by atoms with E-state index in [2.05, 4.69) is 14.7 Å². The molecule has 1 fully saturated rings. The number of nitrogens with one attached hydrogen (secondary N) is 1. The van der Waals surface area contributed by atoms with Crippen molar-refractivity contribution >= 4 is 21.7 Å². The van der Waals surface area contributed by atoms with Crippen molar-refractivity contribution < 1.29 is 21.6 Å². The number of alkyl halides is 3. The third-order valence-electron chi connectivity index (χ3n) is 5.69. The van der Waals surface area contributed by atoms with Crippen LogP contribution < -0.4 is 15.4 Å². The highest BCUT2D eigenvalue weighted by Gasteiger charge is 2.35. The summed E-state index contributed by atoms with van der Waals surface area (Å²) in [6.45, 7) is 2.98. The fraction of sp³-hybridized carbons (Fsp3) is 0.304. The van der Waals surface area contributed by atoms with Gasteiger partial charge in [-0.05, 0) is 49.6 Å². The van der Waals surface area contributed by atoms with E-state index >= 15 is 0 Å². The lowest BCUT2D eigenvalue weighted by Crippen LogP contribution is -2.40. The highest BCUT2D eigenvalue weighted by atomic mass is 32.2. The van der Waals surface area contributed by atoms with Gasteiger partial charge in [0.1, 0.15) is 11.6 Å². The van der Waals surface area contributed by atoms with Crippen LogP contribution >= 0.6 is 0 Å². The van der Waals surface area contributed by atoms with Gasteiger partial charge in [0, 0.05) is 24.7 Å². The highest BCUT2D eigenvalue weighted by molar-refractivity contribution is 7.92. The van der Waals surface area contributed by atoms with Gasteiger partial charge in [-0.2, -0.15) is 21.6 Å². The zero-order chi connectivity index (χ0) is 24.5. The van der Waals surface area contributed by atoms with Gasteiger partial charge in [-0.3, -0.25) is 4.72 Å². The number of sulfonamides is 1. The molecule has 1 aliphatic heterocycles. The van der Waals surface area contributed by atoms with E-state index in [0.717, 1.165) is 25.0 Å². The van der Waals surface area contributed by atoms with Gasteiger partial charge in [-0.1, -0.05) is 30.3 Å². The van der Waals surface area contributed by atoms with Crippen molar-refractivity contribution in [2.75, 3.05) is 22.7 Å². The molecule has 0 bridgehead atoms. The Hall–Kier alpha value is -3.18. The SMILES string of the molecule is Cc1ccccc1-c1nc(NS(=O)(=O)c2cccc(N3CCC(N)CC3)n2)ccc1C(F)(F)F. The maximum Gasteiger partial charge on any atom is 0.418 e. The van der Waals surface area contributed by atoms with Crippen LogP contribution in [-0.4, -0.2) is 37.5 Å². The zero-order valence-electron chi connectivity index (χ0n) is 18.4. The number of aromatic nitrogens is 2. The summed E-state index contributed by atoms with van der Waals surface area (Å²) in [6, 6.07) is 13.0. The van der Waals surface area contributed by atoms with Gasteiger partial charge >= 0.3 is 6.18 Å². The van der Waals surface area contributed by atoms with Crippen molar-refractivity contribution in [1.29, 1.82) is 0 Å². The van der Waals surface area contributed by atoms with Crippen LogP contribution in [0, 0.1) is 6.92 Å². The summed E-state index contributed by atoms with van der Waals surface area (Å²) in [5.74, 6) is 0.262. The summed E-state index contributed by atoms with van der Waals surface area (Å²) in [6.07, 6.45) is -3.11. The molecule has 3 heterocycles. The normalized spacial score (nSPS) is 15.4. The zero-order valence-corrected chi connectivity index (χ0v) is 19.2. The van der Waals surface area contributed by atoms with E-state index < -0.39 is 21.8 Å². The third-order valence-corrected chi connectivity index (χ3v) is 6.94. The number of benzene rings is 1. The molecule has 11 heteroatoms. The second kappa shape index (κ2) is 9.22. The van der Waals surface area contributed by atoms with Gasteiger partial charge in [0.05, 0.1) is 11.3 Å². The monoisotopic (exact) mass is 491 g/mol. The molecule has 180 valence electrons. The van der Waals surface area contributed by atoms with Crippen LogP contribution in [0.2, 0.25) is 0 Å². The molecule has 4 rings (SSSR count). The first kappa shape index (κ1) is 24.0. The first-order valence-corrected chi connectivity index (χ1v) is 12.2. The van der Waals surface area contributed by atoms with E-state index in [4.69, 9.17) is 5.73 Å². The third kappa shape index (κ3) is 5.15. The Balaban J connectivity index is 1.67. The Morgan fingerprint density at radius 3 is 2.38 bits per heavy atom. The Bertz CT molecular complexity index is 1290. The summed E-state index contributed by atoms with van der Waals surface area (Å²) in [5, 5.41) is -0.251. The molecule has 34 heavy (non-hydrogen) atoms. The van der Waals surface area contributed by atoms with Gasteiger partial charge < -0.3 is 10.6 Å². The van der Waals surface area contributed by atoms with E-state index in [9.17, 15) is 21.6 Å². The molecule has 0 atom stereocenters. The second-order valence-corrected chi connectivity index (χ2v) is 9.80. The van der Waals surface area contributed by atoms with E-state index in [1.54, 1.807) is 37.3 Å². The van der Waals surface area contributed by atoms with Gasteiger partial charge in [-0.25, -0.2) is 9.97 Å². The van der Waals surface area contributed by atoms with E-state index in [1.165, 1.54) is 12.1 Å². The molecule has 0 spiro atoms. The van der Waals surface area contributed by atoms with Crippen molar-refractivity contribution in [1.82, 2.24) is 9.97 Å². The summed E-state index contributed by atoms with van der Waals surface area (Å²) in [5.41, 5.74) is 5.47. The lowest BCUT2D eigenvalue weighted by Gasteiger charge is -2.31. The molecule has 0 aliphatic carbocycles. The molecule has 1 saturated heterocycles. The number of rotatable bonds is 5. The summed E-state index contributed by atoms with van der Waals surface area (Å²) in [4.78, 5) is 10.3. The number of pyridine rings is 2. The molecule has 0 radical (unpaired) electrons. The molecule has 0 saturated carbocycles. The molecule has 3 N–H and O–H groups in total. The summed E-state index contributed by atoms with van der Waals surface area (Å²) in [7, 11) is -4.20. The van der Waals surface area contributed by atoms with E-state index in [-0.39, 0.29) is 28.1 Å². The molecule has 2 aromatic heterocycles. The predicted octanol–water partition coefficient (Wildman–Crippen LogP) is 4.20. The second-order valence-electron chi connectivity index (χ2n) is 8.17. The van der Waals surface area contributed by atoms with Gasteiger partial charge in [0.25, 0.3) is 10.0 Å². The molecular formula is C23H24F3N5O2S. The van der Waals surface area contributed by atoms with Crippen LogP contribution in [-0.2, 0) is 16.2 Å². The molecule has 0 amide bonds. The van der Waals surface area contributed by atoms with Gasteiger partial charge in [0.15, 0.2) is 5.03 Å². The van der Waals surface area contributed by atoms with Crippen LogP contribution in [0.5, 0.6) is 0 Å². The quantitative estimate of drug-likeness (QED) is 0.555. The van der Waals surface area contributed by atoms with Crippen molar-refractivity contribution in [3.05, 3.63) is 65.7 Å². The lowest BCUT2D eigenvalue weighted by molar-refractivity contribution is -0.137. The number of nitrogens with two attached hydrogens (primary N) is 1. The Morgan fingerprint density at radius 1 is 1.00 bits per heavy atom. The molecular weight excluding hydrogens is 467 g/mol. The van der Waals surface area contributed by atoms with Crippen molar-refractivity contribution in [3.8, 4) is 11.3 Å². The highest BCUT2D eigenvalue weighted by Crippen LogP contribution is 2.38. The van der Waals surface area contributed by atoms with Crippen LogP contribution in [0.15, 0.2) is 59.6 Å². The molecule has 1 aliphatic rings. The van der Waals surface area contributed by atoms with Crippen LogP contribution in [0.25, 0.3) is 11.3 Å². The van der Waals surface area contributed by atoms with Crippen molar-refractivity contribution in [3.63, 3.8) is 0 Å². The van der Waals surface area contributed by atoms with Crippen molar-refractivity contribution in [2.24, 2.45) is 5.73 Å². The average Bonchev–Trinajstić information content (AvgIpc) is 2.79. The van der Waals surface area contributed by atoms with Crippen LogP contribution in [0.4, 0.5) is 24.8 Å². The number of aryl methyl sites for hydroxylation is 1. The number of nitrogens with zero attached hydrogens (tertiary/aromatic N) is 3. The predicted molar refractivity (Wildman–Crippen MR) is 124 cm³/mol. The lowest BCUT2D eigenvalue weighted by atomic mass is 10.0.